The number of nitrogens with one attached hydrogen (secondary N) is 1. The van der Waals surface area contributed by atoms with E-state index >= 15 is 4.39 Å². The van der Waals surface area contributed by atoms with E-state index in [0.29, 0.717) is 16.7 Å². The van der Waals surface area contributed by atoms with Crippen LogP contribution in [0.3, 0.4) is 0 Å². The van der Waals surface area contributed by atoms with Crippen molar-refractivity contribution in [3.05, 3.63) is 129 Å². The Morgan fingerprint density at radius 3 is 2.38 bits per heavy atom. The SMILES string of the molecule is Cc1ccc(C(C/C(=N\O)c2c[nH]c(=O)c(C)c2)c2ccc(Oc3cccc(C(=O)O)c3)cc2F)cc1. The molecule has 188 valence electrons. The molecule has 1 heterocycles. The predicted octanol–water partition coefficient (Wildman–Crippen LogP) is 6.02. The summed E-state index contributed by atoms with van der Waals surface area (Å²) in [5.74, 6) is -1.66. The second kappa shape index (κ2) is 10.9. The van der Waals surface area contributed by atoms with Gasteiger partial charge in [0, 0.05) is 35.7 Å². The molecule has 7 nitrogen and oxygen atoms in total. The summed E-state index contributed by atoms with van der Waals surface area (Å²) in [7, 11) is 0. The standard InChI is InChI=1S/C29H25FN2O5/c1-17-6-8-19(9-7-17)25(15-27(32-36)21-12-18(2)28(33)31-16-21)24-11-10-23(14-26(24)30)37-22-5-3-4-20(13-22)29(34)35/h3-14,16,25,36H,15H2,1-2H3,(H,31,33)(H,34,35)/b32-27+. The van der Waals surface area contributed by atoms with Crippen LogP contribution in [0, 0.1) is 19.7 Å². The lowest BCUT2D eigenvalue weighted by molar-refractivity contribution is 0.0696. The number of nitrogens with zero attached hydrogens (tertiary/aromatic N) is 1. The summed E-state index contributed by atoms with van der Waals surface area (Å²) in [6, 6.07) is 19.6. The third kappa shape index (κ3) is 5.92. The van der Waals surface area contributed by atoms with Crippen molar-refractivity contribution in [2.24, 2.45) is 5.16 Å². The number of aromatic amines is 1. The summed E-state index contributed by atoms with van der Waals surface area (Å²) in [5, 5.41) is 22.5. The van der Waals surface area contributed by atoms with Crippen molar-refractivity contribution in [2.45, 2.75) is 26.2 Å². The number of hydrogen-bond donors (Lipinski definition) is 3. The fourth-order valence-corrected chi connectivity index (χ4v) is 4.06. The van der Waals surface area contributed by atoms with Crippen molar-refractivity contribution < 1.29 is 24.2 Å². The molecule has 1 unspecified atom stereocenters. The largest absolute Gasteiger partial charge is 0.478 e. The highest BCUT2D eigenvalue weighted by molar-refractivity contribution is 6.00. The first-order valence-corrected chi connectivity index (χ1v) is 11.5. The summed E-state index contributed by atoms with van der Waals surface area (Å²) in [6.45, 7) is 3.61. The van der Waals surface area contributed by atoms with Gasteiger partial charge in [-0.05, 0) is 55.3 Å². The lowest BCUT2D eigenvalue weighted by atomic mass is 9.85. The van der Waals surface area contributed by atoms with Crippen molar-refractivity contribution >= 4 is 11.7 Å². The highest BCUT2D eigenvalue weighted by Gasteiger charge is 2.23. The van der Waals surface area contributed by atoms with Gasteiger partial charge < -0.3 is 20.0 Å². The van der Waals surface area contributed by atoms with E-state index in [4.69, 9.17) is 4.74 Å². The van der Waals surface area contributed by atoms with Crippen molar-refractivity contribution in [1.82, 2.24) is 4.98 Å². The number of halogens is 1. The minimum absolute atomic E-state index is 0.0577. The Labute approximate surface area is 212 Å². The smallest absolute Gasteiger partial charge is 0.335 e. The van der Waals surface area contributed by atoms with Crippen molar-refractivity contribution in [1.29, 1.82) is 0 Å². The molecule has 8 heteroatoms. The molecule has 1 aromatic heterocycles. The number of pyridine rings is 1. The molecule has 3 N–H and O–H groups in total. The molecule has 0 spiro atoms. The van der Waals surface area contributed by atoms with Gasteiger partial charge >= 0.3 is 5.97 Å². The average Bonchev–Trinajstić information content (AvgIpc) is 2.88. The first kappa shape index (κ1) is 25.4. The fourth-order valence-electron chi connectivity index (χ4n) is 4.06. The van der Waals surface area contributed by atoms with Gasteiger partial charge in [-0.2, -0.15) is 0 Å². The van der Waals surface area contributed by atoms with Crippen LogP contribution in [0.1, 0.15) is 50.5 Å². The van der Waals surface area contributed by atoms with Crippen LogP contribution in [0.25, 0.3) is 0 Å². The second-order valence-corrected chi connectivity index (χ2v) is 8.73. The maximum atomic E-state index is 15.5. The molecular weight excluding hydrogens is 475 g/mol. The summed E-state index contributed by atoms with van der Waals surface area (Å²) < 4.78 is 21.2. The predicted molar refractivity (Wildman–Crippen MR) is 138 cm³/mol. The number of rotatable bonds is 8. The van der Waals surface area contributed by atoms with Crippen LogP contribution in [0.15, 0.2) is 88.9 Å². The number of aromatic nitrogens is 1. The molecule has 4 aromatic rings. The molecular formula is C29H25FN2O5. The number of carboxylic acid groups (broad SMARTS) is 1. The molecule has 0 aliphatic carbocycles. The molecule has 1 atom stereocenters. The minimum atomic E-state index is -1.09. The lowest BCUT2D eigenvalue weighted by Gasteiger charge is -2.20. The van der Waals surface area contributed by atoms with Gasteiger partial charge in [0.05, 0.1) is 11.3 Å². The van der Waals surface area contributed by atoms with E-state index < -0.39 is 17.7 Å². The molecule has 4 rings (SSSR count). The number of ether oxygens (including phenoxy) is 1. The van der Waals surface area contributed by atoms with Crippen LogP contribution in [0.4, 0.5) is 4.39 Å². The lowest BCUT2D eigenvalue weighted by Crippen LogP contribution is -2.15. The van der Waals surface area contributed by atoms with Crippen LogP contribution in [-0.2, 0) is 0 Å². The second-order valence-electron chi connectivity index (χ2n) is 8.73. The van der Waals surface area contributed by atoms with Gasteiger partial charge in [0.25, 0.3) is 5.56 Å². The summed E-state index contributed by atoms with van der Waals surface area (Å²) in [4.78, 5) is 25.6. The molecule has 0 saturated carbocycles. The zero-order valence-corrected chi connectivity index (χ0v) is 20.2. The van der Waals surface area contributed by atoms with Crippen LogP contribution < -0.4 is 10.3 Å². The molecule has 0 saturated heterocycles. The third-order valence-corrected chi connectivity index (χ3v) is 6.08. The Balaban J connectivity index is 1.69. The van der Waals surface area contributed by atoms with E-state index in [2.05, 4.69) is 10.1 Å². The molecule has 37 heavy (non-hydrogen) atoms. The fraction of sp³-hybridized carbons (Fsp3) is 0.138. The highest BCUT2D eigenvalue weighted by atomic mass is 19.1. The van der Waals surface area contributed by atoms with Crippen LogP contribution in [0.5, 0.6) is 11.5 Å². The maximum absolute atomic E-state index is 15.5. The number of carboxylic acids is 1. The van der Waals surface area contributed by atoms with E-state index in [-0.39, 0.29) is 34.8 Å². The third-order valence-electron chi connectivity index (χ3n) is 6.08. The van der Waals surface area contributed by atoms with E-state index in [1.165, 1.54) is 24.4 Å². The topological polar surface area (TPSA) is 112 Å². The monoisotopic (exact) mass is 500 g/mol. The Hall–Kier alpha value is -4.72. The Morgan fingerprint density at radius 1 is 1.00 bits per heavy atom. The zero-order valence-electron chi connectivity index (χ0n) is 20.2. The number of aromatic carboxylic acids is 1. The first-order chi connectivity index (χ1) is 17.7. The van der Waals surface area contributed by atoms with Crippen LogP contribution in [0.2, 0.25) is 0 Å². The zero-order chi connectivity index (χ0) is 26.5. The van der Waals surface area contributed by atoms with E-state index in [9.17, 15) is 19.9 Å². The first-order valence-electron chi connectivity index (χ1n) is 11.5. The molecule has 0 fully saturated rings. The summed E-state index contributed by atoms with van der Waals surface area (Å²) in [5.41, 5.74) is 3.31. The number of hydrogen-bond acceptors (Lipinski definition) is 5. The normalized spacial score (nSPS) is 12.2. The molecule has 0 amide bonds. The number of carbonyl (C=O) groups is 1. The molecule has 0 aliphatic rings. The molecule has 3 aromatic carbocycles. The Kier molecular flexibility index (Phi) is 7.48. The van der Waals surface area contributed by atoms with Gasteiger partial charge in [-0.15, -0.1) is 0 Å². The number of oxime groups is 1. The molecule has 0 bridgehead atoms. The van der Waals surface area contributed by atoms with Gasteiger partial charge in [0.2, 0.25) is 0 Å². The Morgan fingerprint density at radius 2 is 1.73 bits per heavy atom. The van der Waals surface area contributed by atoms with Gasteiger partial charge in [-0.1, -0.05) is 47.1 Å². The quantitative estimate of drug-likeness (QED) is 0.156. The van der Waals surface area contributed by atoms with E-state index in [1.807, 2.05) is 31.2 Å². The van der Waals surface area contributed by atoms with Crippen molar-refractivity contribution in [2.75, 3.05) is 0 Å². The Bertz CT molecular complexity index is 1530. The highest BCUT2D eigenvalue weighted by Crippen LogP contribution is 2.34. The van der Waals surface area contributed by atoms with E-state index in [0.717, 1.165) is 11.1 Å². The average molecular weight is 501 g/mol. The van der Waals surface area contributed by atoms with Gasteiger partial charge in [0.15, 0.2) is 0 Å². The van der Waals surface area contributed by atoms with Crippen molar-refractivity contribution in [3.8, 4) is 11.5 Å². The summed E-state index contributed by atoms with van der Waals surface area (Å²) >= 11 is 0. The minimum Gasteiger partial charge on any atom is -0.478 e. The molecule has 0 aliphatic heterocycles. The van der Waals surface area contributed by atoms with Crippen LogP contribution in [-0.4, -0.2) is 27.0 Å². The van der Waals surface area contributed by atoms with E-state index in [1.54, 1.807) is 37.3 Å². The molecule has 0 radical (unpaired) electrons. The number of H-pyrrole nitrogens is 1. The van der Waals surface area contributed by atoms with Crippen LogP contribution >= 0.6 is 0 Å². The maximum Gasteiger partial charge on any atom is 0.335 e. The summed E-state index contributed by atoms with van der Waals surface area (Å²) in [6.07, 6.45) is 1.62. The van der Waals surface area contributed by atoms with Gasteiger partial charge in [-0.25, -0.2) is 9.18 Å². The van der Waals surface area contributed by atoms with Crippen molar-refractivity contribution in [3.63, 3.8) is 0 Å². The van der Waals surface area contributed by atoms with Gasteiger partial charge in [0.1, 0.15) is 17.3 Å². The number of benzene rings is 3. The van der Waals surface area contributed by atoms with Gasteiger partial charge in [-0.3, -0.25) is 4.79 Å². The number of aryl methyl sites for hydroxylation is 2.